The van der Waals surface area contributed by atoms with Gasteiger partial charge in [-0.1, -0.05) is 89.4 Å². The van der Waals surface area contributed by atoms with Crippen LogP contribution in [0.4, 0.5) is 10.7 Å². The molecule has 0 fully saturated rings. The van der Waals surface area contributed by atoms with Gasteiger partial charge in [0.05, 0.1) is 22.9 Å². The minimum Gasteiger partial charge on any atom is -0.465 e. The summed E-state index contributed by atoms with van der Waals surface area (Å²) in [4.78, 5) is 52.9. The Morgan fingerprint density at radius 3 is 2.35 bits per heavy atom. The first-order chi connectivity index (χ1) is 23.6. The van der Waals surface area contributed by atoms with E-state index in [9.17, 15) is 19.2 Å². The summed E-state index contributed by atoms with van der Waals surface area (Å²) >= 11 is 15.0. The van der Waals surface area contributed by atoms with Crippen molar-refractivity contribution in [3.05, 3.63) is 140 Å². The molecule has 0 spiro atoms. The van der Waals surface area contributed by atoms with Crippen LogP contribution in [-0.4, -0.2) is 36.6 Å². The monoisotopic (exact) mass is 729 g/mol. The van der Waals surface area contributed by atoms with E-state index in [2.05, 4.69) is 16.0 Å². The van der Waals surface area contributed by atoms with E-state index in [1.165, 1.54) is 36.3 Å². The van der Waals surface area contributed by atoms with Gasteiger partial charge in [-0.3, -0.25) is 14.4 Å². The Labute approximate surface area is 301 Å². The number of rotatable bonds is 11. The zero-order valence-electron chi connectivity index (χ0n) is 26.2. The Balaban J connectivity index is 1.28. The van der Waals surface area contributed by atoms with Crippen molar-refractivity contribution < 1.29 is 23.9 Å². The molecule has 0 bridgehead atoms. The molecule has 5 rings (SSSR count). The average molecular weight is 731 g/mol. The highest BCUT2D eigenvalue weighted by atomic mass is 35.5. The molecule has 49 heavy (non-hydrogen) atoms. The number of methoxy groups -OCH3 is 1. The van der Waals surface area contributed by atoms with Gasteiger partial charge in [-0.15, -0.1) is 23.1 Å². The van der Waals surface area contributed by atoms with Gasteiger partial charge in [-0.2, -0.15) is 0 Å². The van der Waals surface area contributed by atoms with Crippen molar-refractivity contribution in [2.75, 3.05) is 23.5 Å². The number of anilines is 2. The largest absolute Gasteiger partial charge is 0.465 e. The molecule has 248 valence electrons. The molecular formula is C37H29Cl2N3O5S2. The van der Waals surface area contributed by atoms with Crippen molar-refractivity contribution in [3.8, 4) is 11.1 Å². The summed E-state index contributed by atoms with van der Waals surface area (Å²) in [5, 5.41) is 11.1. The van der Waals surface area contributed by atoms with Crippen molar-refractivity contribution in [2.24, 2.45) is 0 Å². The maximum Gasteiger partial charge on any atom is 0.341 e. The van der Waals surface area contributed by atoms with Crippen molar-refractivity contribution in [1.29, 1.82) is 0 Å². The van der Waals surface area contributed by atoms with Crippen LogP contribution in [0.1, 0.15) is 31.8 Å². The molecule has 4 aromatic carbocycles. The highest BCUT2D eigenvalue weighted by Gasteiger charge is 2.23. The summed E-state index contributed by atoms with van der Waals surface area (Å²) in [7, 11) is 1.30. The molecule has 12 heteroatoms. The predicted octanol–water partition coefficient (Wildman–Crippen LogP) is 8.96. The number of thioether (sulfide) groups is 1. The first-order valence-electron chi connectivity index (χ1n) is 14.8. The van der Waals surface area contributed by atoms with Gasteiger partial charge in [0.1, 0.15) is 16.3 Å². The Hall–Kier alpha value is -4.87. The molecule has 0 aliphatic heterocycles. The molecule has 0 radical (unpaired) electrons. The number of nitrogens with one attached hydrogen (secondary N) is 3. The summed E-state index contributed by atoms with van der Waals surface area (Å²) in [6.45, 7) is 1.98. The number of hydrogen-bond donors (Lipinski definition) is 3. The third-order valence-corrected chi connectivity index (χ3v) is 9.79. The smallest absolute Gasteiger partial charge is 0.341 e. The van der Waals surface area contributed by atoms with Crippen LogP contribution >= 0.6 is 46.3 Å². The summed E-state index contributed by atoms with van der Waals surface area (Å²) in [6, 6.07) is 28.1. The fraction of sp³-hybridized carbons (Fsp3) is 0.0811. The molecule has 0 saturated heterocycles. The maximum atomic E-state index is 13.5. The van der Waals surface area contributed by atoms with E-state index in [1.54, 1.807) is 72.8 Å². The van der Waals surface area contributed by atoms with Crippen molar-refractivity contribution in [2.45, 2.75) is 11.8 Å². The van der Waals surface area contributed by atoms with E-state index in [4.69, 9.17) is 27.9 Å². The van der Waals surface area contributed by atoms with E-state index in [0.717, 1.165) is 11.1 Å². The fourth-order valence-electron chi connectivity index (χ4n) is 4.60. The van der Waals surface area contributed by atoms with Gasteiger partial charge in [-0.05, 0) is 60.5 Å². The number of thiophene rings is 1. The van der Waals surface area contributed by atoms with Crippen LogP contribution in [0.25, 0.3) is 17.2 Å². The molecule has 8 nitrogen and oxygen atoms in total. The predicted molar refractivity (Wildman–Crippen MR) is 199 cm³/mol. The lowest BCUT2D eigenvalue weighted by Crippen LogP contribution is -2.30. The quantitative estimate of drug-likeness (QED) is 0.0711. The van der Waals surface area contributed by atoms with Crippen molar-refractivity contribution in [1.82, 2.24) is 5.32 Å². The van der Waals surface area contributed by atoms with Crippen LogP contribution in [0.2, 0.25) is 10.0 Å². The van der Waals surface area contributed by atoms with Crippen LogP contribution in [0.15, 0.2) is 113 Å². The normalized spacial score (nSPS) is 11.1. The molecule has 1 heterocycles. The van der Waals surface area contributed by atoms with Gasteiger partial charge >= 0.3 is 5.97 Å². The van der Waals surface area contributed by atoms with E-state index in [0.29, 0.717) is 42.9 Å². The number of aryl methyl sites for hydroxylation is 1. The van der Waals surface area contributed by atoms with Crippen LogP contribution in [0.3, 0.4) is 0 Å². The molecule has 0 aliphatic rings. The van der Waals surface area contributed by atoms with Gasteiger partial charge in [0, 0.05) is 27.1 Å². The first kappa shape index (κ1) is 35.4. The number of carbonyl (C=O) groups excluding carboxylic acids is 4. The highest BCUT2D eigenvalue weighted by Crippen LogP contribution is 2.36. The lowest BCUT2D eigenvalue weighted by Gasteiger charge is -2.13. The zero-order valence-corrected chi connectivity index (χ0v) is 29.4. The van der Waals surface area contributed by atoms with Gasteiger partial charge in [0.15, 0.2) is 0 Å². The van der Waals surface area contributed by atoms with Crippen molar-refractivity contribution in [3.63, 3.8) is 0 Å². The number of hydrogen-bond acceptors (Lipinski definition) is 7. The van der Waals surface area contributed by atoms with E-state index in [-0.39, 0.29) is 22.4 Å². The SMILES string of the molecule is COC(=O)c1c(-c2ccc(C)cc2)csc1NC(=O)CSc1cccc(NC(=O)/C(=C\c2cccc(Cl)c2Cl)NC(=O)c2ccccc2)c1. The minimum atomic E-state index is -0.599. The molecule has 0 saturated carbocycles. The maximum absolute atomic E-state index is 13.5. The van der Waals surface area contributed by atoms with E-state index >= 15 is 0 Å². The molecule has 3 amide bonds. The third kappa shape index (κ3) is 9.18. The molecule has 0 unspecified atom stereocenters. The average Bonchev–Trinajstić information content (AvgIpc) is 3.52. The Morgan fingerprint density at radius 1 is 0.878 bits per heavy atom. The van der Waals surface area contributed by atoms with Crippen LogP contribution in [0.5, 0.6) is 0 Å². The Morgan fingerprint density at radius 2 is 1.61 bits per heavy atom. The second-order valence-electron chi connectivity index (χ2n) is 10.6. The highest BCUT2D eigenvalue weighted by molar-refractivity contribution is 8.00. The lowest BCUT2D eigenvalue weighted by atomic mass is 10.0. The summed E-state index contributed by atoms with van der Waals surface area (Å²) in [5.74, 6) is -1.93. The van der Waals surface area contributed by atoms with Crippen LogP contribution < -0.4 is 16.0 Å². The molecule has 5 aromatic rings. The second-order valence-corrected chi connectivity index (χ2v) is 13.3. The van der Waals surface area contributed by atoms with Crippen LogP contribution in [-0.2, 0) is 14.3 Å². The number of esters is 1. The van der Waals surface area contributed by atoms with E-state index < -0.39 is 17.8 Å². The number of halogens is 2. The van der Waals surface area contributed by atoms with Gasteiger partial charge in [-0.25, -0.2) is 4.79 Å². The van der Waals surface area contributed by atoms with Gasteiger partial charge in [0.2, 0.25) is 5.91 Å². The molecule has 1 aromatic heterocycles. The first-order valence-corrected chi connectivity index (χ1v) is 17.4. The minimum absolute atomic E-state index is 0.0291. The number of benzene rings is 4. The summed E-state index contributed by atoms with van der Waals surface area (Å²) in [5.41, 5.74) is 4.07. The van der Waals surface area contributed by atoms with Gasteiger partial charge < -0.3 is 20.7 Å². The topological polar surface area (TPSA) is 114 Å². The number of amides is 3. The van der Waals surface area contributed by atoms with Crippen molar-refractivity contribution >= 4 is 86.8 Å². The van der Waals surface area contributed by atoms with Gasteiger partial charge in [0.25, 0.3) is 11.8 Å². The molecule has 0 atom stereocenters. The Kier molecular flexibility index (Phi) is 11.9. The third-order valence-electron chi connectivity index (χ3n) is 7.07. The summed E-state index contributed by atoms with van der Waals surface area (Å²) in [6.07, 6.45) is 1.45. The number of carbonyl (C=O) groups is 4. The zero-order chi connectivity index (χ0) is 34.9. The molecule has 0 aliphatic carbocycles. The van der Waals surface area contributed by atoms with E-state index in [1.807, 2.05) is 36.6 Å². The Bertz CT molecular complexity index is 2050. The lowest BCUT2D eigenvalue weighted by molar-refractivity contribution is -0.114. The molecular weight excluding hydrogens is 701 g/mol. The molecule has 3 N–H and O–H groups in total. The van der Waals surface area contributed by atoms with Crippen LogP contribution in [0, 0.1) is 6.92 Å². The summed E-state index contributed by atoms with van der Waals surface area (Å²) < 4.78 is 5.02. The second kappa shape index (κ2) is 16.5. The number of ether oxygens (including phenoxy) is 1. The standard InChI is InChI=1S/C37H29Cl2N3O5S2/c1-22-14-16-23(17-15-22)28-20-49-36(32(28)37(46)47-2)42-31(43)21-48-27-12-7-11-26(19-27)40-35(45)30(18-25-10-6-13-29(38)33(25)39)41-34(44)24-8-4-3-5-9-24/h3-20H,21H2,1-2H3,(H,40,45)(H,41,44)(H,42,43)/b30-18+. The fourth-order valence-corrected chi connectivity index (χ4v) is 6.69.